The van der Waals surface area contributed by atoms with Gasteiger partial charge in [0.15, 0.2) is 5.11 Å². The molecule has 122 valence electrons. The molecule has 5 heteroatoms. The lowest BCUT2D eigenvalue weighted by Gasteiger charge is -2.31. The zero-order valence-corrected chi connectivity index (χ0v) is 15.9. The molecule has 3 nitrogen and oxygen atoms in total. The van der Waals surface area contributed by atoms with E-state index >= 15 is 0 Å². The molecule has 0 radical (unpaired) electrons. The van der Waals surface area contributed by atoms with Gasteiger partial charge in [0.2, 0.25) is 0 Å². The van der Waals surface area contributed by atoms with Gasteiger partial charge in [-0.15, -0.1) is 0 Å². The van der Waals surface area contributed by atoms with Crippen molar-refractivity contribution in [1.82, 2.24) is 10.6 Å². The average Bonchev–Trinajstić information content (AvgIpc) is 2.49. The summed E-state index contributed by atoms with van der Waals surface area (Å²) in [5.74, 6) is 1.53. The Morgan fingerprint density at radius 2 is 2.09 bits per heavy atom. The summed E-state index contributed by atoms with van der Waals surface area (Å²) in [5, 5.41) is 7.63. The molecule has 1 aromatic carbocycles. The van der Waals surface area contributed by atoms with Crippen LogP contribution in [-0.4, -0.2) is 18.3 Å². The largest absolute Gasteiger partial charge is 0.496 e. The molecule has 2 N–H and O–H groups in total. The fourth-order valence-corrected chi connectivity index (χ4v) is 3.86. The van der Waals surface area contributed by atoms with E-state index in [0.717, 1.165) is 15.3 Å². The van der Waals surface area contributed by atoms with Crippen molar-refractivity contribution in [3.8, 4) is 5.75 Å². The maximum atomic E-state index is 5.49. The minimum absolute atomic E-state index is 0.154. The first-order chi connectivity index (χ1) is 10.5. The van der Waals surface area contributed by atoms with Gasteiger partial charge in [0.1, 0.15) is 5.75 Å². The molecule has 0 heterocycles. The number of ether oxygens (including phenoxy) is 1. The molecule has 1 saturated carbocycles. The van der Waals surface area contributed by atoms with Gasteiger partial charge in [-0.3, -0.25) is 0 Å². The van der Waals surface area contributed by atoms with E-state index in [9.17, 15) is 0 Å². The quantitative estimate of drug-likeness (QED) is 0.745. The highest BCUT2D eigenvalue weighted by molar-refractivity contribution is 9.10. The highest BCUT2D eigenvalue weighted by Crippen LogP contribution is 2.28. The van der Waals surface area contributed by atoms with Crippen LogP contribution < -0.4 is 15.4 Å². The molecule has 1 aliphatic rings. The van der Waals surface area contributed by atoms with E-state index in [1.807, 2.05) is 6.07 Å². The predicted octanol–water partition coefficient (Wildman–Crippen LogP) is 4.56. The van der Waals surface area contributed by atoms with Crippen molar-refractivity contribution in [1.29, 1.82) is 0 Å². The van der Waals surface area contributed by atoms with Crippen molar-refractivity contribution >= 4 is 33.3 Å². The first-order valence-corrected chi connectivity index (χ1v) is 9.12. The molecule has 22 heavy (non-hydrogen) atoms. The molecule has 0 aromatic heterocycles. The summed E-state index contributed by atoms with van der Waals surface area (Å²) in [4.78, 5) is 0. The molecule has 1 aromatic rings. The first kappa shape index (κ1) is 17.5. The molecule has 3 atom stereocenters. The van der Waals surface area contributed by atoms with Crippen molar-refractivity contribution in [2.75, 3.05) is 7.11 Å². The van der Waals surface area contributed by atoms with Crippen molar-refractivity contribution in [3.05, 3.63) is 28.2 Å². The number of methoxy groups -OCH3 is 1. The number of thiocarbonyl (C=S) groups is 1. The Bertz CT molecular complexity index is 523. The van der Waals surface area contributed by atoms with Gasteiger partial charge in [0.25, 0.3) is 0 Å². The van der Waals surface area contributed by atoms with Crippen LogP contribution in [0.4, 0.5) is 0 Å². The maximum absolute atomic E-state index is 5.49. The number of hydrogen-bond acceptors (Lipinski definition) is 2. The third-order valence-corrected chi connectivity index (χ3v) is 5.31. The van der Waals surface area contributed by atoms with Gasteiger partial charge in [-0.1, -0.05) is 25.8 Å². The van der Waals surface area contributed by atoms with E-state index in [-0.39, 0.29) is 6.04 Å². The maximum Gasteiger partial charge on any atom is 0.166 e. The van der Waals surface area contributed by atoms with Crippen LogP contribution in [0.25, 0.3) is 0 Å². The molecule has 0 spiro atoms. The topological polar surface area (TPSA) is 33.3 Å². The fraction of sp³-hybridized carbons (Fsp3) is 0.588. The monoisotopic (exact) mass is 384 g/mol. The molecule has 0 saturated heterocycles. The zero-order valence-electron chi connectivity index (χ0n) is 13.5. The number of halogens is 1. The minimum atomic E-state index is 0.154. The number of benzene rings is 1. The molecule has 0 aliphatic heterocycles. The van der Waals surface area contributed by atoms with Crippen molar-refractivity contribution in [3.63, 3.8) is 0 Å². The van der Waals surface area contributed by atoms with Gasteiger partial charge in [0.05, 0.1) is 17.6 Å². The fourth-order valence-electron chi connectivity index (χ4n) is 2.97. The summed E-state index contributed by atoms with van der Waals surface area (Å²) in [5.41, 5.74) is 1.17. The average molecular weight is 385 g/mol. The molecule has 0 bridgehead atoms. The van der Waals surface area contributed by atoms with Crippen LogP contribution in [0.15, 0.2) is 22.7 Å². The van der Waals surface area contributed by atoms with Gasteiger partial charge >= 0.3 is 0 Å². The summed E-state index contributed by atoms with van der Waals surface area (Å²) in [6.07, 6.45) is 5.15. The highest BCUT2D eigenvalue weighted by Gasteiger charge is 2.22. The van der Waals surface area contributed by atoms with Gasteiger partial charge in [-0.05, 0) is 71.5 Å². The van der Waals surface area contributed by atoms with E-state index in [1.165, 1.54) is 31.2 Å². The van der Waals surface area contributed by atoms with E-state index in [4.69, 9.17) is 17.0 Å². The first-order valence-electron chi connectivity index (χ1n) is 7.91. The van der Waals surface area contributed by atoms with Crippen LogP contribution in [0, 0.1) is 5.92 Å². The van der Waals surface area contributed by atoms with Crippen LogP contribution in [0.2, 0.25) is 0 Å². The number of rotatable bonds is 4. The standard InChI is InChI=1S/C17H25BrN2OS/c1-11-6-4-5-7-15(11)20-17(22)19-12(2)13-8-9-16(21-3)14(18)10-13/h8-12,15H,4-7H2,1-3H3,(H2,19,20,22)/t11-,12+,15-/m1/s1. The molecule has 1 aliphatic carbocycles. The molecule has 2 rings (SSSR count). The van der Waals surface area contributed by atoms with Crippen LogP contribution >= 0.6 is 28.1 Å². The summed E-state index contributed by atoms with van der Waals surface area (Å²) in [6.45, 7) is 4.43. The smallest absolute Gasteiger partial charge is 0.166 e. The molecule has 0 unspecified atom stereocenters. The number of hydrogen-bond donors (Lipinski definition) is 2. The van der Waals surface area contributed by atoms with Crippen LogP contribution in [0.3, 0.4) is 0 Å². The Morgan fingerprint density at radius 3 is 2.73 bits per heavy atom. The zero-order chi connectivity index (χ0) is 16.1. The normalized spacial score (nSPS) is 22.7. The third kappa shape index (κ3) is 4.59. The van der Waals surface area contributed by atoms with Crippen LogP contribution in [-0.2, 0) is 0 Å². The van der Waals surface area contributed by atoms with E-state index < -0.39 is 0 Å². The van der Waals surface area contributed by atoms with E-state index in [1.54, 1.807) is 7.11 Å². The summed E-state index contributed by atoms with van der Waals surface area (Å²) < 4.78 is 6.23. The van der Waals surface area contributed by atoms with Crippen LogP contribution in [0.1, 0.15) is 51.1 Å². The Labute approximate surface area is 147 Å². The Kier molecular flexibility index (Phi) is 6.50. The third-order valence-electron chi connectivity index (χ3n) is 4.45. The van der Waals surface area contributed by atoms with Crippen molar-refractivity contribution < 1.29 is 4.74 Å². The molecular weight excluding hydrogens is 360 g/mol. The minimum Gasteiger partial charge on any atom is -0.496 e. The Morgan fingerprint density at radius 1 is 1.36 bits per heavy atom. The Balaban J connectivity index is 1.91. The van der Waals surface area contributed by atoms with Crippen molar-refractivity contribution in [2.24, 2.45) is 5.92 Å². The second-order valence-electron chi connectivity index (χ2n) is 6.10. The summed E-state index contributed by atoms with van der Waals surface area (Å²) >= 11 is 9.01. The van der Waals surface area contributed by atoms with Gasteiger partial charge < -0.3 is 15.4 Å². The SMILES string of the molecule is COc1ccc([C@H](C)NC(=S)N[C@@H]2CCCC[C@H]2C)cc1Br. The molecular formula is C17H25BrN2OS. The lowest BCUT2D eigenvalue weighted by molar-refractivity contribution is 0.307. The van der Waals surface area contributed by atoms with E-state index in [0.29, 0.717) is 12.0 Å². The van der Waals surface area contributed by atoms with Gasteiger partial charge in [-0.25, -0.2) is 0 Å². The van der Waals surface area contributed by atoms with Gasteiger partial charge in [-0.2, -0.15) is 0 Å². The number of nitrogens with one attached hydrogen (secondary N) is 2. The van der Waals surface area contributed by atoms with Crippen LogP contribution in [0.5, 0.6) is 5.75 Å². The summed E-state index contributed by atoms with van der Waals surface area (Å²) in [6, 6.07) is 6.76. The van der Waals surface area contributed by atoms with Crippen molar-refractivity contribution in [2.45, 2.75) is 51.6 Å². The Hall–Kier alpha value is -0.810. The lowest BCUT2D eigenvalue weighted by Crippen LogP contribution is -2.46. The second kappa shape index (κ2) is 8.16. The predicted molar refractivity (Wildman–Crippen MR) is 99.4 cm³/mol. The highest BCUT2D eigenvalue weighted by atomic mass is 79.9. The van der Waals surface area contributed by atoms with E-state index in [2.05, 4.69) is 52.5 Å². The van der Waals surface area contributed by atoms with Gasteiger partial charge in [0, 0.05) is 6.04 Å². The second-order valence-corrected chi connectivity index (χ2v) is 7.36. The lowest BCUT2D eigenvalue weighted by atomic mass is 9.86. The molecule has 1 fully saturated rings. The molecule has 0 amide bonds. The summed E-state index contributed by atoms with van der Waals surface area (Å²) in [7, 11) is 1.67.